The van der Waals surface area contributed by atoms with Gasteiger partial charge in [-0.2, -0.15) is 0 Å². The molecule has 0 bridgehead atoms. The van der Waals surface area contributed by atoms with Crippen LogP contribution < -0.4 is 0 Å². The molecule has 0 fully saturated rings. The van der Waals surface area contributed by atoms with E-state index < -0.39 is 4.84 Å². The van der Waals surface area contributed by atoms with Gasteiger partial charge in [0, 0.05) is 18.3 Å². The van der Waals surface area contributed by atoms with Crippen molar-refractivity contribution in [1.29, 1.82) is 0 Å². The van der Waals surface area contributed by atoms with Crippen LogP contribution in [0.2, 0.25) is 0 Å². The van der Waals surface area contributed by atoms with Gasteiger partial charge in [0.2, 0.25) is 0 Å². The van der Waals surface area contributed by atoms with E-state index in [4.69, 9.17) is 34.8 Å². The Morgan fingerprint density at radius 2 is 2.08 bits per heavy atom. The molecule has 68 valence electrons. The van der Waals surface area contributed by atoms with Crippen molar-refractivity contribution in [3.63, 3.8) is 0 Å². The van der Waals surface area contributed by atoms with Gasteiger partial charge in [-0.3, -0.25) is 4.98 Å². The van der Waals surface area contributed by atoms with Crippen LogP contribution in [-0.2, 0) is 5.88 Å². The van der Waals surface area contributed by atoms with Gasteiger partial charge in [0.15, 0.2) is 0 Å². The number of rotatable bonds is 2. The van der Waals surface area contributed by atoms with Crippen LogP contribution in [0.15, 0.2) is 18.5 Å². The number of halogens is 4. The maximum absolute atomic E-state index is 5.67. The lowest BCUT2D eigenvalue weighted by Gasteiger charge is -2.05. The summed E-state index contributed by atoms with van der Waals surface area (Å²) < 4.78 is 0. The fourth-order valence-corrected chi connectivity index (χ4v) is 1.41. The Kier molecular flexibility index (Phi) is 6.02. The summed E-state index contributed by atoms with van der Waals surface area (Å²) >= 11 is 17.0. The van der Waals surface area contributed by atoms with Gasteiger partial charge >= 0.3 is 0 Å². The molecule has 0 radical (unpaired) electrons. The topological polar surface area (TPSA) is 12.9 Å². The minimum Gasteiger partial charge on any atom is -0.264 e. The summed E-state index contributed by atoms with van der Waals surface area (Å²) in [6.45, 7) is 0. The quantitative estimate of drug-likeness (QED) is 0.725. The van der Waals surface area contributed by atoms with Crippen LogP contribution in [0.3, 0.4) is 0 Å². The van der Waals surface area contributed by atoms with Crippen molar-refractivity contribution >= 4 is 47.2 Å². The summed E-state index contributed by atoms with van der Waals surface area (Å²) in [5, 5.41) is 0. The Morgan fingerprint density at radius 1 is 1.42 bits per heavy atom. The highest BCUT2D eigenvalue weighted by Crippen LogP contribution is 2.27. The van der Waals surface area contributed by atoms with Crippen LogP contribution in [0.25, 0.3) is 0 Å². The molecule has 1 nitrogen and oxygen atoms in total. The van der Waals surface area contributed by atoms with Gasteiger partial charge in [0.1, 0.15) is 4.84 Å². The van der Waals surface area contributed by atoms with Gasteiger partial charge in [-0.1, -0.05) is 0 Å². The Bertz CT molecular complexity index is 239. The van der Waals surface area contributed by atoms with Crippen molar-refractivity contribution in [1.82, 2.24) is 4.98 Å². The summed E-state index contributed by atoms with van der Waals surface area (Å²) in [7, 11) is 0. The number of hydrogen-bond donors (Lipinski definition) is 0. The normalized spacial score (nSPS) is 9.67. The van der Waals surface area contributed by atoms with E-state index in [0.29, 0.717) is 5.88 Å². The van der Waals surface area contributed by atoms with E-state index in [9.17, 15) is 0 Å². The van der Waals surface area contributed by atoms with Crippen molar-refractivity contribution < 1.29 is 0 Å². The maximum Gasteiger partial charge on any atom is 0.133 e. The molecule has 5 heteroatoms. The first kappa shape index (κ1) is 12.3. The molecule has 0 aromatic carbocycles. The molecule has 0 spiro atoms. The zero-order chi connectivity index (χ0) is 8.27. The van der Waals surface area contributed by atoms with E-state index in [1.54, 1.807) is 18.5 Å². The Morgan fingerprint density at radius 3 is 2.50 bits per heavy atom. The van der Waals surface area contributed by atoms with Crippen LogP contribution in [-0.4, -0.2) is 4.98 Å². The van der Waals surface area contributed by atoms with Crippen LogP contribution in [0.4, 0.5) is 0 Å². The molecule has 0 aliphatic rings. The second-order valence-electron chi connectivity index (χ2n) is 2.01. The predicted octanol–water partition coefficient (Wildman–Crippen LogP) is 3.72. The molecule has 1 rings (SSSR count). The summed E-state index contributed by atoms with van der Waals surface area (Å²) in [4.78, 5) is 3.38. The Balaban J connectivity index is 0.00000121. The average Bonchev–Trinajstić information content (AvgIpc) is 2.04. The standard InChI is InChI=1S/C7H6Cl3N.ClH/c8-3-5-4-11-2-1-6(5)7(9)10;/h1-2,4,7H,3H2;1H. The molecular formula is C7H7Cl4N. The van der Waals surface area contributed by atoms with Crippen molar-refractivity contribution in [2.45, 2.75) is 10.7 Å². The summed E-state index contributed by atoms with van der Waals surface area (Å²) in [5.74, 6) is 0.388. The van der Waals surface area contributed by atoms with Gasteiger partial charge in [-0.25, -0.2) is 0 Å². The number of nitrogens with zero attached hydrogens (tertiary/aromatic N) is 1. The molecule has 1 heterocycles. The summed E-state index contributed by atoms with van der Waals surface area (Å²) in [5.41, 5.74) is 1.71. The highest BCUT2D eigenvalue weighted by atomic mass is 35.5. The second kappa shape index (κ2) is 5.87. The number of hydrogen-bond acceptors (Lipinski definition) is 1. The minimum absolute atomic E-state index is 0. The lowest BCUT2D eigenvalue weighted by atomic mass is 10.2. The molecule has 0 saturated heterocycles. The average molecular weight is 247 g/mol. The van der Waals surface area contributed by atoms with E-state index in [1.165, 1.54) is 0 Å². The summed E-state index contributed by atoms with van der Waals surface area (Å²) in [6, 6.07) is 1.77. The highest BCUT2D eigenvalue weighted by molar-refractivity contribution is 6.44. The molecule has 1 aromatic rings. The second-order valence-corrected chi connectivity index (χ2v) is 3.37. The number of pyridine rings is 1. The van der Waals surface area contributed by atoms with Gasteiger partial charge < -0.3 is 0 Å². The Hall–Kier alpha value is 0.310. The third-order valence-corrected chi connectivity index (χ3v) is 2.08. The molecule has 0 aliphatic heterocycles. The van der Waals surface area contributed by atoms with Crippen molar-refractivity contribution in [3.05, 3.63) is 29.6 Å². The predicted molar refractivity (Wildman–Crippen MR) is 55.5 cm³/mol. The maximum atomic E-state index is 5.67. The van der Waals surface area contributed by atoms with Gasteiger partial charge in [-0.15, -0.1) is 47.2 Å². The molecule has 0 amide bonds. The van der Waals surface area contributed by atoms with E-state index in [1.807, 2.05) is 0 Å². The zero-order valence-corrected chi connectivity index (χ0v) is 9.09. The number of aromatic nitrogens is 1. The van der Waals surface area contributed by atoms with Crippen LogP contribution >= 0.6 is 47.2 Å². The molecule has 0 aliphatic carbocycles. The molecule has 0 atom stereocenters. The molecule has 1 aromatic heterocycles. The minimum atomic E-state index is -0.522. The van der Waals surface area contributed by atoms with Gasteiger partial charge in [-0.05, 0) is 17.2 Å². The zero-order valence-electron chi connectivity index (χ0n) is 6.01. The molecule has 12 heavy (non-hydrogen) atoms. The van der Waals surface area contributed by atoms with E-state index in [0.717, 1.165) is 11.1 Å². The molecule has 0 saturated carbocycles. The van der Waals surface area contributed by atoms with Crippen molar-refractivity contribution in [2.24, 2.45) is 0 Å². The third kappa shape index (κ3) is 2.98. The van der Waals surface area contributed by atoms with E-state index >= 15 is 0 Å². The molecule has 0 unspecified atom stereocenters. The van der Waals surface area contributed by atoms with Crippen molar-refractivity contribution in [3.8, 4) is 0 Å². The summed E-state index contributed by atoms with van der Waals surface area (Å²) in [6.07, 6.45) is 3.31. The first-order valence-corrected chi connectivity index (χ1v) is 4.43. The van der Waals surface area contributed by atoms with Crippen molar-refractivity contribution in [2.75, 3.05) is 0 Å². The smallest absolute Gasteiger partial charge is 0.133 e. The first-order valence-electron chi connectivity index (χ1n) is 3.02. The van der Waals surface area contributed by atoms with Crippen LogP contribution in [0.5, 0.6) is 0 Å². The monoisotopic (exact) mass is 245 g/mol. The third-order valence-electron chi connectivity index (χ3n) is 1.32. The SMILES string of the molecule is Cl.ClCc1cnccc1C(Cl)Cl. The van der Waals surface area contributed by atoms with Crippen LogP contribution in [0.1, 0.15) is 16.0 Å². The van der Waals surface area contributed by atoms with Gasteiger partial charge in [0.05, 0.1) is 0 Å². The van der Waals surface area contributed by atoms with E-state index in [-0.39, 0.29) is 12.4 Å². The lowest BCUT2D eigenvalue weighted by Crippen LogP contribution is -1.90. The van der Waals surface area contributed by atoms with Gasteiger partial charge in [0.25, 0.3) is 0 Å². The fourth-order valence-electron chi connectivity index (χ4n) is 0.762. The molecule has 0 N–H and O–H groups in total. The largest absolute Gasteiger partial charge is 0.264 e. The lowest BCUT2D eigenvalue weighted by molar-refractivity contribution is 1.16. The number of alkyl halides is 3. The highest BCUT2D eigenvalue weighted by Gasteiger charge is 2.07. The fraction of sp³-hybridized carbons (Fsp3) is 0.286. The first-order chi connectivity index (χ1) is 5.25. The Labute approximate surface area is 92.4 Å². The molecular weight excluding hydrogens is 240 g/mol. The van der Waals surface area contributed by atoms with E-state index in [2.05, 4.69) is 4.98 Å². The van der Waals surface area contributed by atoms with Crippen LogP contribution in [0, 0.1) is 0 Å².